The number of benzene rings is 2. The second kappa shape index (κ2) is 13.4. The molecule has 0 bridgehead atoms. The van der Waals surface area contributed by atoms with Crippen LogP contribution in [0.3, 0.4) is 0 Å². The van der Waals surface area contributed by atoms with Crippen LogP contribution < -0.4 is 23.7 Å². The quantitative estimate of drug-likeness (QED) is 0.139. The summed E-state index contributed by atoms with van der Waals surface area (Å²) >= 11 is 2.78. The smallest absolute Gasteiger partial charge is 0.222 e. The van der Waals surface area contributed by atoms with Crippen LogP contribution in [0.5, 0.6) is 28.1 Å². The molecule has 4 heterocycles. The maximum atomic E-state index is 11.7. The molecule has 8 heteroatoms. The first kappa shape index (κ1) is 31.2. The minimum Gasteiger partial charge on any atom is -0.484 e. The number of hydrogen-bond donors (Lipinski definition) is 0. The molecule has 0 unspecified atom stereocenters. The Morgan fingerprint density at radius 1 is 0.723 bits per heavy atom. The zero-order chi connectivity index (χ0) is 32.4. The molecule has 240 valence electrons. The van der Waals surface area contributed by atoms with Crippen molar-refractivity contribution in [2.75, 3.05) is 33.5 Å². The Bertz CT molecular complexity index is 1950. The summed E-state index contributed by atoms with van der Waals surface area (Å²) in [4.78, 5) is 13.7. The predicted molar refractivity (Wildman–Crippen MR) is 186 cm³/mol. The van der Waals surface area contributed by atoms with Crippen molar-refractivity contribution in [2.45, 2.75) is 57.8 Å². The number of carbonyl (C=O) groups excluding carboxylic acids is 1. The van der Waals surface area contributed by atoms with Crippen LogP contribution in [0, 0.1) is 23.7 Å². The molecule has 2 aliphatic heterocycles. The van der Waals surface area contributed by atoms with Gasteiger partial charge in [-0.1, -0.05) is 74.8 Å². The molecule has 2 aromatic carbocycles. The van der Waals surface area contributed by atoms with E-state index in [1.165, 1.54) is 44.9 Å². The van der Waals surface area contributed by atoms with E-state index in [-0.39, 0.29) is 5.41 Å². The van der Waals surface area contributed by atoms with Crippen molar-refractivity contribution < 1.29 is 28.5 Å². The molecule has 0 fully saturated rings. The van der Waals surface area contributed by atoms with Crippen molar-refractivity contribution in [1.29, 1.82) is 0 Å². The lowest BCUT2D eigenvalue weighted by atomic mass is 9.70. The van der Waals surface area contributed by atoms with Gasteiger partial charge < -0.3 is 23.7 Å². The number of thiophene rings is 2. The predicted octanol–water partition coefficient (Wildman–Crippen LogP) is 8.62. The molecule has 0 radical (unpaired) electrons. The Hall–Kier alpha value is -4.37. The van der Waals surface area contributed by atoms with Gasteiger partial charge in [0.25, 0.3) is 0 Å². The Morgan fingerprint density at radius 2 is 1.23 bits per heavy atom. The molecular weight excluding hydrogens is 629 g/mol. The molecule has 0 atom stereocenters. The first-order chi connectivity index (χ1) is 23.1. The van der Waals surface area contributed by atoms with Gasteiger partial charge in [-0.2, -0.15) is 0 Å². The molecular formula is C39H36O6S2. The fraction of sp³-hybridized carbons (Fsp3) is 0.359. The zero-order valence-corrected chi connectivity index (χ0v) is 28.5. The van der Waals surface area contributed by atoms with Crippen molar-refractivity contribution in [3.05, 3.63) is 73.3 Å². The molecule has 4 aromatic rings. The molecule has 7 rings (SSSR count). The summed E-state index contributed by atoms with van der Waals surface area (Å²) in [7, 11) is 1.64. The van der Waals surface area contributed by atoms with E-state index in [0.29, 0.717) is 59.4 Å². The van der Waals surface area contributed by atoms with Crippen LogP contribution in [0.2, 0.25) is 0 Å². The van der Waals surface area contributed by atoms with Crippen LogP contribution in [-0.2, 0) is 5.41 Å². The third-order valence-corrected chi connectivity index (χ3v) is 11.0. The molecule has 0 saturated heterocycles. The van der Waals surface area contributed by atoms with Gasteiger partial charge in [0, 0.05) is 16.5 Å². The number of rotatable bonds is 8. The van der Waals surface area contributed by atoms with E-state index < -0.39 is 0 Å². The van der Waals surface area contributed by atoms with E-state index in [9.17, 15) is 4.79 Å². The van der Waals surface area contributed by atoms with Gasteiger partial charge in [-0.25, -0.2) is 0 Å². The van der Waals surface area contributed by atoms with Gasteiger partial charge in [0.1, 0.15) is 41.1 Å². The normalized spacial score (nSPS) is 14.6. The highest BCUT2D eigenvalue weighted by Crippen LogP contribution is 2.55. The number of fused-ring (bicyclic) bond motifs is 5. The third-order valence-electron chi connectivity index (χ3n) is 9.00. The van der Waals surface area contributed by atoms with E-state index in [4.69, 9.17) is 23.7 Å². The minimum atomic E-state index is -0.127. The molecule has 1 aliphatic carbocycles. The Kier molecular flexibility index (Phi) is 8.90. The molecule has 2 aromatic heterocycles. The van der Waals surface area contributed by atoms with Crippen LogP contribution >= 0.6 is 22.7 Å². The zero-order valence-electron chi connectivity index (χ0n) is 26.9. The summed E-state index contributed by atoms with van der Waals surface area (Å²) in [6, 6.07) is 13.3. The van der Waals surface area contributed by atoms with Gasteiger partial charge in [-0.3, -0.25) is 4.79 Å². The van der Waals surface area contributed by atoms with E-state index >= 15 is 0 Å². The van der Waals surface area contributed by atoms with E-state index in [1.807, 2.05) is 0 Å². The largest absolute Gasteiger partial charge is 0.484 e. The topological polar surface area (TPSA) is 63.2 Å². The monoisotopic (exact) mass is 664 g/mol. The summed E-state index contributed by atoms with van der Waals surface area (Å²) in [5.74, 6) is 15.9. The highest BCUT2D eigenvalue weighted by atomic mass is 32.1. The number of aldehydes is 1. The number of carbonyl (C=O) groups is 1. The van der Waals surface area contributed by atoms with Crippen molar-refractivity contribution in [3.8, 4) is 62.9 Å². The summed E-state index contributed by atoms with van der Waals surface area (Å²) in [5.41, 5.74) is 7.03. The Morgan fingerprint density at radius 3 is 1.77 bits per heavy atom. The van der Waals surface area contributed by atoms with Gasteiger partial charge in [-0.15, -0.1) is 11.3 Å². The van der Waals surface area contributed by atoms with Gasteiger partial charge in [0.05, 0.1) is 7.11 Å². The minimum absolute atomic E-state index is 0.127. The second-order valence-corrected chi connectivity index (χ2v) is 13.9. The van der Waals surface area contributed by atoms with Crippen molar-refractivity contribution >= 4 is 29.0 Å². The first-order valence-electron chi connectivity index (χ1n) is 16.3. The number of unbranched alkanes of at least 4 members (excludes halogenated alkanes) is 2. The van der Waals surface area contributed by atoms with Gasteiger partial charge >= 0.3 is 0 Å². The average molecular weight is 665 g/mol. The maximum Gasteiger partial charge on any atom is 0.222 e. The highest BCUT2D eigenvalue weighted by Gasteiger charge is 2.42. The summed E-state index contributed by atoms with van der Waals surface area (Å²) in [6.45, 7) is 6.41. The Balaban J connectivity index is 1.29. The first-order valence-corrected chi connectivity index (χ1v) is 17.9. The lowest BCUT2D eigenvalue weighted by molar-refractivity contribution is 0.111. The lowest BCUT2D eigenvalue weighted by Gasteiger charge is -2.33. The molecule has 0 amide bonds. The summed E-state index contributed by atoms with van der Waals surface area (Å²) in [5, 5.41) is 0.689. The highest BCUT2D eigenvalue weighted by molar-refractivity contribution is 7.15. The number of methoxy groups -OCH3 is 1. The van der Waals surface area contributed by atoms with E-state index in [2.05, 4.69) is 73.9 Å². The van der Waals surface area contributed by atoms with E-state index in [1.54, 1.807) is 7.11 Å². The van der Waals surface area contributed by atoms with Gasteiger partial charge in [0.15, 0.2) is 23.5 Å². The van der Waals surface area contributed by atoms with Crippen LogP contribution in [0.25, 0.3) is 11.1 Å². The van der Waals surface area contributed by atoms with Gasteiger partial charge in [0.2, 0.25) is 10.8 Å². The molecule has 6 nitrogen and oxygen atoms in total. The van der Waals surface area contributed by atoms with E-state index in [0.717, 1.165) is 65.7 Å². The van der Waals surface area contributed by atoms with Crippen molar-refractivity contribution in [3.63, 3.8) is 0 Å². The third kappa shape index (κ3) is 5.64. The molecule has 3 aliphatic rings. The summed E-state index contributed by atoms with van der Waals surface area (Å²) in [6.07, 6.45) is 7.43. The van der Waals surface area contributed by atoms with Crippen molar-refractivity contribution in [1.82, 2.24) is 0 Å². The fourth-order valence-corrected chi connectivity index (χ4v) is 8.52. The summed E-state index contributed by atoms with van der Waals surface area (Å²) < 4.78 is 28.8. The van der Waals surface area contributed by atoms with Crippen LogP contribution in [0.1, 0.15) is 94.1 Å². The standard InChI is InChI=1S/C39H36O6S2/c1-4-6-16-39(17-7-5-2)29-22-25(10-14-31-34-36(33(24-40)46-31)44-19-18-42-34)8-12-27(29)28-13-9-26(23-30(28)39)11-15-32-35-37(38(41-3)47-32)45-21-20-43-35/h8-9,12-13,22-24H,4-7,16-21H2,1-3H3. The van der Waals surface area contributed by atoms with Crippen LogP contribution in [-0.4, -0.2) is 39.8 Å². The SMILES string of the molecule is CCCCC1(CCCC)c2cc(C#Cc3sc(C=O)c4c3OCCO4)ccc2-c2ccc(C#Cc3sc(OC)c4c3OCCO4)cc21. The lowest BCUT2D eigenvalue weighted by Crippen LogP contribution is -2.25. The number of hydrogen-bond acceptors (Lipinski definition) is 8. The average Bonchev–Trinajstić information content (AvgIpc) is 3.75. The molecule has 47 heavy (non-hydrogen) atoms. The molecule has 0 saturated carbocycles. The molecule has 0 spiro atoms. The maximum absolute atomic E-state index is 11.7. The van der Waals surface area contributed by atoms with Crippen molar-refractivity contribution in [2.24, 2.45) is 0 Å². The Labute approximate surface area is 284 Å². The van der Waals surface area contributed by atoms with Crippen LogP contribution in [0.15, 0.2) is 36.4 Å². The fourth-order valence-electron chi connectivity index (χ4n) is 6.80. The number of ether oxygens (including phenoxy) is 5. The van der Waals surface area contributed by atoms with Gasteiger partial charge in [-0.05, 0) is 71.2 Å². The second-order valence-electron chi connectivity index (χ2n) is 11.9. The molecule has 0 N–H and O–H groups in total. The van der Waals surface area contributed by atoms with Crippen LogP contribution in [0.4, 0.5) is 0 Å².